The van der Waals surface area contributed by atoms with Gasteiger partial charge in [-0.3, -0.25) is 33.1 Å². The summed E-state index contributed by atoms with van der Waals surface area (Å²) in [5.74, 6) is 0.194. The number of nitrogens with zero attached hydrogens (tertiary/aromatic N) is 5. The summed E-state index contributed by atoms with van der Waals surface area (Å²) in [7, 11) is 4.03. The number of carbonyl (C=O) groups excluding carboxylic acids is 1. The fourth-order valence-corrected chi connectivity index (χ4v) is 11.3. The fourth-order valence-electron chi connectivity index (χ4n) is 11.3. The fraction of sp³-hybridized carbons (Fsp3) is 0.377. The standard InChI is InChI=1S/C53H55N5O5/c1-7-32(8-2)57-50(60)37-22-20-35-36-21-23-38-46-40(53(63)58(51(38)61)33(9-3)10-4)29-42-49(48(36)46)44-31(27-39(52(57)62)45(37)47(35)44)28-41(30-16-18-34(19-17-30)54(5)6)56(42)26-14-25-55-24-13-11-12-15-43(55)59/h16-23,27-29,32-33H,7-15,24-26H2,1-6H3. The molecule has 0 aliphatic carbocycles. The van der Waals surface area contributed by atoms with E-state index in [1.54, 1.807) is 0 Å². The number of benzene rings is 6. The van der Waals surface area contributed by atoms with Crippen LogP contribution in [-0.4, -0.2) is 51.7 Å². The van der Waals surface area contributed by atoms with Gasteiger partial charge in [-0.1, -0.05) is 58.4 Å². The number of carbonyl (C=O) groups is 1. The lowest BCUT2D eigenvalue weighted by Crippen LogP contribution is -2.36. The summed E-state index contributed by atoms with van der Waals surface area (Å²) < 4.78 is 5.26. The molecule has 10 heteroatoms. The van der Waals surface area contributed by atoms with Crippen LogP contribution in [-0.2, 0) is 11.3 Å². The van der Waals surface area contributed by atoms with Crippen molar-refractivity contribution < 1.29 is 4.79 Å². The molecule has 10 rings (SSSR count). The normalized spacial score (nSPS) is 14.2. The first kappa shape index (κ1) is 40.8. The zero-order valence-electron chi connectivity index (χ0n) is 37.3. The van der Waals surface area contributed by atoms with E-state index in [-0.39, 0.29) is 40.2 Å². The first-order valence-corrected chi connectivity index (χ1v) is 23.1. The largest absolute Gasteiger partial charge is 0.378 e. The molecule has 1 amide bonds. The highest BCUT2D eigenvalue weighted by Crippen LogP contribution is 2.48. The lowest BCUT2D eigenvalue weighted by atomic mass is 9.84. The van der Waals surface area contributed by atoms with Crippen molar-refractivity contribution in [2.45, 2.75) is 104 Å². The monoisotopic (exact) mass is 841 g/mol. The van der Waals surface area contributed by atoms with Crippen LogP contribution in [0.1, 0.15) is 97.6 Å². The van der Waals surface area contributed by atoms with Crippen molar-refractivity contribution in [1.82, 2.24) is 18.6 Å². The van der Waals surface area contributed by atoms with E-state index in [0.717, 1.165) is 86.0 Å². The molecule has 0 bridgehead atoms. The third kappa shape index (κ3) is 6.00. The summed E-state index contributed by atoms with van der Waals surface area (Å²) >= 11 is 0. The Bertz CT molecular complexity index is 3500. The minimum absolute atomic E-state index is 0.194. The summed E-state index contributed by atoms with van der Waals surface area (Å²) in [5, 5.41) is 9.31. The van der Waals surface area contributed by atoms with E-state index in [0.29, 0.717) is 83.9 Å². The lowest BCUT2D eigenvalue weighted by Gasteiger charge is -2.24. The molecule has 0 saturated carbocycles. The number of fused-ring (bicyclic) bond motifs is 1. The van der Waals surface area contributed by atoms with Crippen LogP contribution in [0.3, 0.4) is 0 Å². The van der Waals surface area contributed by atoms with E-state index in [2.05, 4.69) is 39.8 Å². The number of hydrogen-bond donors (Lipinski definition) is 0. The molecule has 63 heavy (non-hydrogen) atoms. The summed E-state index contributed by atoms with van der Waals surface area (Å²) in [5.41, 5.74) is 2.57. The maximum Gasteiger partial charge on any atom is 0.261 e. The average Bonchev–Trinajstić information content (AvgIpc) is 3.58. The van der Waals surface area contributed by atoms with Crippen molar-refractivity contribution in [3.8, 4) is 11.3 Å². The predicted octanol–water partition coefficient (Wildman–Crippen LogP) is 10.2. The van der Waals surface area contributed by atoms with Gasteiger partial charge in [0, 0.05) is 107 Å². The van der Waals surface area contributed by atoms with Gasteiger partial charge in [0.05, 0.1) is 10.9 Å². The van der Waals surface area contributed by atoms with E-state index in [1.807, 2.05) is 83.1 Å². The van der Waals surface area contributed by atoms with Gasteiger partial charge in [0.1, 0.15) is 0 Å². The first-order valence-electron chi connectivity index (χ1n) is 23.1. The van der Waals surface area contributed by atoms with Crippen LogP contribution in [0.5, 0.6) is 0 Å². The number of aromatic nitrogens is 3. The van der Waals surface area contributed by atoms with Crippen LogP contribution in [0, 0.1) is 0 Å². The second-order valence-electron chi connectivity index (χ2n) is 18.1. The number of hydrogen-bond acceptors (Lipinski definition) is 6. The molecule has 0 unspecified atom stereocenters. The van der Waals surface area contributed by atoms with E-state index in [9.17, 15) is 19.2 Å². The van der Waals surface area contributed by atoms with Gasteiger partial charge in [-0.25, -0.2) is 0 Å². The molecule has 4 heterocycles. The lowest BCUT2D eigenvalue weighted by molar-refractivity contribution is -0.130. The Balaban J connectivity index is 1.43. The maximum absolute atomic E-state index is 15.0. The van der Waals surface area contributed by atoms with Gasteiger partial charge >= 0.3 is 0 Å². The minimum atomic E-state index is -0.296. The van der Waals surface area contributed by atoms with E-state index >= 15 is 4.79 Å². The van der Waals surface area contributed by atoms with Crippen LogP contribution in [0.15, 0.2) is 85.9 Å². The van der Waals surface area contributed by atoms with Crippen LogP contribution in [0.4, 0.5) is 5.69 Å². The Morgan fingerprint density at radius 2 is 1.08 bits per heavy atom. The second-order valence-corrected chi connectivity index (χ2v) is 18.1. The van der Waals surface area contributed by atoms with Crippen LogP contribution in [0.2, 0.25) is 0 Å². The number of aryl methyl sites for hydroxylation is 1. The Morgan fingerprint density at radius 1 is 0.540 bits per heavy atom. The van der Waals surface area contributed by atoms with Crippen molar-refractivity contribution >= 4 is 87.1 Å². The molecule has 1 aliphatic rings. The summed E-state index contributed by atoms with van der Waals surface area (Å²) in [6.07, 6.45) is 6.76. The molecular weight excluding hydrogens is 787 g/mol. The smallest absolute Gasteiger partial charge is 0.261 e. The van der Waals surface area contributed by atoms with Crippen molar-refractivity contribution in [3.63, 3.8) is 0 Å². The molecular formula is C53H55N5O5. The Morgan fingerprint density at radius 3 is 1.65 bits per heavy atom. The van der Waals surface area contributed by atoms with Crippen LogP contribution in [0.25, 0.3) is 86.8 Å². The van der Waals surface area contributed by atoms with E-state index < -0.39 is 0 Å². The molecule has 1 saturated heterocycles. The summed E-state index contributed by atoms with van der Waals surface area (Å²) in [4.78, 5) is 76.4. The van der Waals surface area contributed by atoms with Gasteiger partial charge in [0.2, 0.25) is 5.91 Å². The van der Waals surface area contributed by atoms with Gasteiger partial charge in [-0.15, -0.1) is 0 Å². The number of amides is 1. The maximum atomic E-state index is 15.0. The molecule has 0 radical (unpaired) electrons. The van der Waals surface area contributed by atoms with Crippen LogP contribution < -0.4 is 27.1 Å². The highest BCUT2D eigenvalue weighted by Gasteiger charge is 2.29. The van der Waals surface area contributed by atoms with Gasteiger partial charge in [0.15, 0.2) is 0 Å². The second kappa shape index (κ2) is 15.5. The Hall–Kier alpha value is -6.29. The van der Waals surface area contributed by atoms with Crippen molar-refractivity contribution in [2.24, 2.45) is 0 Å². The minimum Gasteiger partial charge on any atom is -0.378 e. The van der Waals surface area contributed by atoms with E-state index in [1.165, 1.54) is 9.13 Å². The average molecular weight is 842 g/mol. The molecule has 0 spiro atoms. The first-order chi connectivity index (χ1) is 30.5. The SMILES string of the molecule is CCC(CC)n1c(=O)c2ccc3c4ccc5c(=O)n(C(CC)CC)c(=O)c6cc7c(c8c(cc(-c9ccc(N(C)C)cc9)n7CCCN7CCCCCC7=O)cc(c1=O)c2c38)c4c56. The number of pyridine rings is 2. The van der Waals surface area contributed by atoms with Crippen molar-refractivity contribution in [3.05, 3.63) is 108 Å². The van der Waals surface area contributed by atoms with E-state index in [4.69, 9.17) is 0 Å². The third-order valence-electron chi connectivity index (χ3n) is 14.6. The molecule has 0 atom stereocenters. The third-order valence-corrected chi connectivity index (χ3v) is 14.6. The molecule has 322 valence electrons. The van der Waals surface area contributed by atoms with Crippen molar-refractivity contribution in [2.75, 3.05) is 32.1 Å². The molecule has 9 aromatic rings. The molecule has 1 fully saturated rings. The van der Waals surface area contributed by atoms with Crippen LogP contribution >= 0.6 is 0 Å². The highest BCUT2D eigenvalue weighted by atomic mass is 16.2. The number of rotatable bonds is 12. The van der Waals surface area contributed by atoms with Crippen molar-refractivity contribution in [1.29, 1.82) is 0 Å². The molecule has 10 nitrogen and oxygen atoms in total. The van der Waals surface area contributed by atoms with Gasteiger partial charge in [0.25, 0.3) is 22.2 Å². The molecule has 6 aromatic carbocycles. The van der Waals surface area contributed by atoms with Gasteiger partial charge < -0.3 is 14.4 Å². The molecule has 1 aliphatic heterocycles. The Labute approximate surface area is 364 Å². The zero-order valence-corrected chi connectivity index (χ0v) is 37.3. The molecule has 0 N–H and O–H groups in total. The summed E-state index contributed by atoms with van der Waals surface area (Å²) in [6, 6.07) is 21.9. The number of likely N-dealkylation sites (tertiary alicyclic amines) is 1. The molecule has 3 aromatic heterocycles. The van der Waals surface area contributed by atoms with Gasteiger partial charge in [-0.2, -0.15) is 0 Å². The quantitative estimate of drug-likeness (QED) is 0.0896. The predicted molar refractivity (Wildman–Crippen MR) is 260 cm³/mol. The number of anilines is 1. The zero-order chi connectivity index (χ0) is 44.0. The topological polar surface area (TPSA) is 107 Å². The highest BCUT2D eigenvalue weighted by molar-refractivity contribution is 6.44. The summed E-state index contributed by atoms with van der Waals surface area (Å²) in [6.45, 7) is 9.93. The van der Waals surface area contributed by atoms with Gasteiger partial charge in [-0.05, 0) is 115 Å². The Kier molecular flexibility index (Phi) is 10.0.